The van der Waals surface area contributed by atoms with Crippen molar-refractivity contribution in [1.29, 1.82) is 0 Å². The molecular formula is C19H19N3O2S. The molecule has 3 rings (SSSR count). The Morgan fingerprint density at radius 2 is 1.96 bits per heavy atom. The van der Waals surface area contributed by atoms with Gasteiger partial charge in [0.25, 0.3) is 0 Å². The van der Waals surface area contributed by atoms with Gasteiger partial charge >= 0.3 is 0 Å². The molecule has 128 valence electrons. The molecule has 0 radical (unpaired) electrons. The number of hydrogen-bond acceptors (Lipinski definition) is 5. The fourth-order valence-corrected chi connectivity index (χ4v) is 3.59. The molecular weight excluding hydrogens is 334 g/mol. The summed E-state index contributed by atoms with van der Waals surface area (Å²) in [6.45, 7) is 5.82. The number of carbonyl (C=O) groups excluding carboxylic acids is 1. The van der Waals surface area contributed by atoms with Crippen molar-refractivity contribution in [2.24, 2.45) is 4.99 Å². The van der Waals surface area contributed by atoms with Crippen molar-refractivity contribution in [3.8, 4) is 5.75 Å². The number of thiophene rings is 1. The average Bonchev–Trinajstić information content (AvgIpc) is 2.93. The maximum absolute atomic E-state index is 11.6. The van der Waals surface area contributed by atoms with E-state index in [-0.39, 0.29) is 0 Å². The number of benzene rings is 1. The van der Waals surface area contributed by atoms with Crippen LogP contribution in [0.5, 0.6) is 5.75 Å². The van der Waals surface area contributed by atoms with E-state index in [4.69, 9.17) is 9.73 Å². The third kappa shape index (κ3) is 3.25. The number of aliphatic imine (C=N–C) groups is 1. The number of amidine groups is 1. The Morgan fingerprint density at radius 3 is 2.60 bits per heavy atom. The van der Waals surface area contributed by atoms with Crippen molar-refractivity contribution in [3.63, 3.8) is 0 Å². The average molecular weight is 353 g/mol. The van der Waals surface area contributed by atoms with Crippen molar-refractivity contribution in [1.82, 2.24) is 4.98 Å². The minimum atomic E-state index is 0.590. The number of aromatic nitrogens is 1. The van der Waals surface area contributed by atoms with E-state index in [9.17, 15) is 4.79 Å². The van der Waals surface area contributed by atoms with Gasteiger partial charge in [-0.05, 0) is 39.0 Å². The lowest BCUT2D eigenvalue weighted by atomic mass is 10.2. The number of ether oxygens (including phenoxy) is 1. The number of anilines is 1. The second kappa shape index (κ2) is 7.03. The maximum Gasteiger partial charge on any atom is 0.219 e. The van der Waals surface area contributed by atoms with Gasteiger partial charge in [0.1, 0.15) is 16.4 Å². The molecule has 0 bridgehead atoms. The molecule has 0 aliphatic heterocycles. The molecule has 0 aliphatic carbocycles. The number of methoxy groups -OCH3 is 1. The highest BCUT2D eigenvalue weighted by atomic mass is 32.1. The SMILES string of the molecule is COc1ccnc2sc(C)c(/N=C(/C)N(C=O)c3ccc(C)cc3)c12. The lowest BCUT2D eigenvalue weighted by Gasteiger charge is -2.17. The van der Waals surface area contributed by atoms with Gasteiger partial charge in [0.15, 0.2) is 0 Å². The maximum atomic E-state index is 11.6. The quantitative estimate of drug-likeness (QED) is 0.390. The highest BCUT2D eigenvalue weighted by molar-refractivity contribution is 7.19. The molecule has 0 aliphatic rings. The highest BCUT2D eigenvalue weighted by Crippen LogP contribution is 2.41. The Balaban J connectivity index is 2.10. The largest absolute Gasteiger partial charge is 0.496 e. The molecule has 6 heteroatoms. The first-order valence-electron chi connectivity index (χ1n) is 7.83. The molecule has 0 saturated heterocycles. The first kappa shape index (κ1) is 17.1. The van der Waals surface area contributed by atoms with Crippen molar-refractivity contribution in [3.05, 3.63) is 47.0 Å². The lowest BCUT2D eigenvalue weighted by molar-refractivity contribution is -0.106. The molecule has 2 aromatic heterocycles. The Morgan fingerprint density at radius 1 is 1.24 bits per heavy atom. The summed E-state index contributed by atoms with van der Waals surface area (Å²) in [5.74, 6) is 1.32. The van der Waals surface area contributed by atoms with Crippen molar-refractivity contribution < 1.29 is 9.53 Å². The van der Waals surface area contributed by atoms with Gasteiger partial charge < -0.3 is 4.74 Å². The van der Waals surface area contributed by atoms with E-state index in [2.05, 4.69) is 4.98 Å². The minimum Gasteiger partial charge on any atom is -0.496 e. The van der Waals surface area contributed by atoms with Crippen LogP contribution in [-0.4, -0.2) is 24.3 Å². The fraction of sp³-hybridized carbons (Fsp3) is 0.211. The van der Waals surface area contributed by atoms with Gasteiger partial charge in [-0.25, -0.2) is 9.98 Å². The van der Waals surface area contributed by atoms with Gasteiger partial charge in [-0.1, -0.05) is 17.7 Å². The zero-order chi connectivity index (χ0) is 18.0. The van der Waals surface area contributed by atoms with E-state index in [0.717, 1.165) is 44.2 Å². The van der Waals surface area contributed by atoms with E-state index in [1.54, 1.807) is 24.6 Å². The van der Waals surface area contributed by atoms with Gasteiger partial charge in [-0.3, -0.25) is 9.69 Å². The number of fused-ring (bicyclic) bond motifs is 1. The van der Waals surface area contributed by atoms with Crippen LogP contribution >= 0.6 is 11.3 Å². The summed E-state index contributed by atoms with van der Waals surface area (Å²) >= 11 is 1.56. The first-order valence-corrected chi connectivity index (χ1v) is 8.65. The van der Waals surface area contributed by atoms with Crippen LogP contribution in [-0.2, 0) is 4.79 Å². The lowest BCUT2D eigenvalue weighted by Crippen LogP contribution is -2.26. The minimum absolute atomic E-state index is 0.590. The summed E-state index contributed by atoms with van der Waals surface area (Å²) in [5.41, 5.74) is 2.71. The third-order valence-corrected chi connectivity index (χ3v) is 4.96. The molecule has 0 N–H and O–H groups in total. The molecule has 0 atom stereocenters. The van der Waals surface area contributed by atoms with Crippen LogP contribution in [0, 0.1) is 13.8 Å². The van der Waals surface area contributed by atoms with E-state index >= 15 is 0 Å². The number of pyridine rings is 1. The molecule has 2 heterocycles. The second-order valence-corrected chi connectivity index (χ2v) is 6.87. The van der Waals surface area contributed by atoms with Crippen LogP contribution in [0.15, 0.2) is 41.5 Å². The Kier molecular flexibility index (Phi) is 4.81. The zero-order valence-corrected chi connectivity index (χ0v) is 15.4. The first-order chi connectivity index (χ1) is 12.0. The van der Waals surface area contributed by atoms with Crippen molar-refractivity contribution >= 4 is 45.2 Å². The van der Waals surface area contributed by atoms with Gasteiger partial charge in [0.2, 0.25) is 6.41 Å². The molecule has 25 heavy (non-hydrogen) atoms. The predicted molar refractivity (Wildman–Crippen MR) is 103 cm³/mol. The second-order valence-electron chi connectivity index (χ2n) is 5.67. The van der Waals surface area contributed by atoms with E-state index < -0.39 is 0 Å². The normalized spacial score (nSPS) is 11.6. The number of amides is 1. The van der Waals surface area contributed by atoms with E-state index in [0.29, 0.717) is 5.84 Å². The summed E-state index contributed by atoms with van der Waals surface area (Å²) in [5, 5.41) is 0.876. The number of aryl methyl sites for hydroxylation is 2. The standard InChI is InChI=1S/C19H19N3O2S/c1-12-5-7-15(8-6-12)22(11-23)14(3)21-18-13(2)25-19-17(18)16(24-4)9-10-20-19/h5-11H,1-4H3/b21-14-. The third-order valence-electron chi connectivity index (χ3n) is 3.96. The molecule has 0 saturated carbocycles. The highest BCUT2D eigenvalue weighted by Gasteiger charge is 2.16. The molecule has 0 spiro atoms. The predicted octanol–water partition coefficient (Wildman–Crippen LogP) is 4.63. The molecule has 1 aromatic carbocycles. The Hall–Kier alpha value is -2.73. The fourth-order valence-electron chi connectivity index (χ4n) is 2.64. The Bertz CT molecular complexity index is 945. The van der Waals surface area contributed by atoms with Crippen LogP contribution in [0.2, 0.25) is 0 Å². The van der Waals surface area contributed by atoms with Crippen LogP contribution < -0.4 is 9.64 Å². The van der Waals surface area contributed by atoms with Crippen molar-refractivity contribution in [2.45, 2.75) is 20.8 Å². The number of carbonyl (C=O) groups is 1. The summed E-state index contributed by atoms with van der Waals surface area (Å²) in [4.78, 5) is 24.2. The Labute approximate surface area is 150 Å². The van der Waals surface area contributed by atoms with E-state index in [1.165, 1.54) is 4.90 Å². The molecule has 3 aromatic rings. The topological polar surface area (TPSA) is 54.8 Å². The van der Waals surface area contributed by atoms with Crippen LogP contribution in [0.4, 0.5) is 11.4 Å². The summed E-state index contributed by atoms with van der Waals surface area (Å²) in [6.07, 6.45) is 2.50. The van der Waals surface area contributed by atoms with Gasteiger partial charge in [0, 0.05) is 16.8 Å². The molecule has 1 amide bonds. The summed E-state index contributed by atoms with van der Waals surface area (Å²) in [6, 6.07) is 9.57. The smallest absolute Gasteiger partial charge is 0.219 e. The summed E-state index contributed by atoms with van der Waals surface area (Å²) < 4.78 is 5.46. The molecule has 5 nitrogen and oxygen atoms in total. The summed E-state index contributed by atoms with van der Waals surface area (Å²) in [7, 11) is 1.63. The number of hydrogen-bond donors (Lipinski definition) is 0. The molecule has 0 fully saturated rings. The zero-order valence-electron chi connectivity index (χ0n) is 14.6. The van der Waals surface area contributed by atoms with Crippen LogP contribution in [0.1, 0.15) is 17.4 Å². The van der Waals surface area contributed by atoms with E-state index in [1.807, 2.05) is 51.1 Å². The van der Waals surface area contributed by atoms with Gasteiger partial charge in [-0.2, -0.15) is 0 Å². The van der Waals surface area contributed by atoms with Crippen LogP contribution in [0.3, 0.4) is 0 Å². The van der Waals surface area contributed by atoms with Gasteiger partial charge in [-0.15, -0.1) is 11.3 Å². The van der Waals surface area contributed by atoms with Crippen LogP contribution in [0.25, 0.3) is 10.2 Å². The number of rotatable bonds is 4. The van der Waals surface area contributed by atoms with Gasteiger partial charge in [0.05, 0.1) is 18.2 Å². The number of nitrogens with zero attached hydrogens (tertiary/aromatic N) is 3. The van der Waals surface area contributed by atoms with Crippen molar-refractivity contribution in [2.75, 3.05) is 12.0 Å². The molecule has 0 unspecified atom stereocenters. The monoisotopic (exact) mass is 353 g/mol.